The highest BCUT2D eigenvalue weighted by Crippen LogP contribution is 2.17. The SMILES string of the molecule is C=CCOc1cccc(NC(=S)NCC(C)C)c1. The molecule has 1 aromatic rings. The second-order valence-corrected chi connectivity index (χ2v) is 4.76. The zero-order valence-electron chi connectivity index (χ0n) is 10.9. The molecule has 0 fully saturated rings. The third-order valence-corrected chi connectivity index (χ3v) is 2.38. The predicted octanol–water partition coefficient (Wildman–Crippen LogP) is 3.19. The van der Waals surface area contributed by atoms with Gasteiger partial charge in [-0.1, -0.05) is 32.6 Å². The maximum Gasteiger partial charge on any atom is 0.170 e. The summed E-state index contributed by atoms with van der Waals surface area (Å²) in [7, 11) is 0. The van der Waals surface area contributed by atoms with Gasteiger partial charge in [-0.3, -0.25) is 0 Å². The summed E-state index contributed by atoms with van der Waals surface area (Å²) in [6.45, 7) is 9.25. The summed E-state index contributed by atoms with van der Waals surface area (Å²) in [5, 5.41) is 6.91. The van der Waals surface area contributed by atoms with E-state index in [-0.39, 0.29) is 0 Å². The molecule has 0 saturated carbocycles. The first kappa shape index (κ1) is 14.5. The molecule has 3 nitrogen and oxygen atoms in total. The van der Waals surface area contributed by atoms with E-state index in [9.17, 15) is 0 Å². The fraction of sp³-hybridized carbons (Fsp3) is 0.357. The first-order valence-corrected chi connectivity index (χ1v) is 6.41. The van der Waals surface area contributed by atoms with Gasteiger partial charge >= 0.3 is 0 Å². The van der Waals surface area contributed by atoms with Crippen LogP contribution < -0.4 is 15.4 Å². The van der Waals surface area contributed by atoms with Crippen LogP contribution >= 0.6 is 12.2 Å². The van der Waals surface area contributed by atoms with Crippen molar-refractivity contribution in [2.24, 2.45) is 5.92 Å². The van der Waals surface area contributed by atoms with Gasteiger partial charge in [0.15, 0.2) is 5.11 Å². The average molecular weight is 264 g/mol. The van der Waals surface area contributed by atoms with Gasteiger partial charge in [0.25, 0.3) is 0 Å². The molecule has 0 aromatic heterocycles. The Balaban J connectivity index is 2.50. The summed E-state index contributed by atoms with van der Waals surface area (Å²) in [5.41, 5.74) is 0.915. The highest BCUT2D eigenvalue weighted by Gasteiger charge is 2.00. The molecule has 98 valence electrons. The zero-order valence-corrected chi connectivity index (χ0v) is 11.7. The van der Waals surface area contributed by atoms with Crippen LogP contribution in [0.4, 0.5) is 5.69 Å². The fourth-order valence-electron chi connectivity index (χ4n) is 1.29. The standard InChI is InChI=1S/C14H20N2OS/c1-4-8-17-13-7-5-6-12(9-13)16-14(18)15-10-11(2)3/h4-7,9,11H,1,8,10H2,2-3H3,(H2,15,16,18). The van der Waals surface area contributed by atoms with Gasteiger partial charge in [0, 0.05) is 18.3 Å². The maximum atomic E-state index is 5.45. The molecule has 0 aliphatic rings. The summed E-state index contributed by atoms with van der Waals surface area (Å²) in [4.78, 5) is 0. The van der Waals surface area contributed by atoms with E-state index >= 15 is 0 Å². The first-order valence-electron chi connectivity index (χ1n) is 6.00. The molecule has 0 atom stereocenters. The number of ether oxygens (including phenoxy) is 1. The number of anilines is 1. The molecule has 0 aliphatic heterocycles. The third-order valence-electron chi connectivity index (χ3n) is 2.13. The quantitative estimate of drug-likeness (QED) is 0.610. The van der Waals surface area contributed by atoms with Crippen molar-refractivity contribution in [1.82, 2.24) is 5.32 Å². The van der Waals surface area contributed by atoms with E-state index in [1.165, 1.54) is 0 Å². The van der Waals surface area contributed by atoms with Crippen LogP contribution in [0.25, 0.3) is 0 Å². The molecular weight excluding hydrogens is 244 g/mol. The van der Waals surface area contributed by atoms with Gasteiger partial charge in [0.05, 0.1) is 0 Å². The summed E-state index contributed by atoms with van der Waals surface area (Å²) >= 11 is 5.21. The molecule has 0 aliphatic carbocycles. The van der Waals surface area contributed by atoms with Crippen LogP contribution in [0.3, 0.4) is 0 Å². The van der Waals surface area contributed by atoms with E-state index in [0.717, 1.165) is 18.0 Å². The van der Waals surface area contributed by atoms with Crippen LogP contribution in [0.15, 0.2) is 36.9 Å². The summed E-state index contributed by atoms with van der Waals surface area (Å²) in [6, 6.07) is 7.68. The second kappa shape index (κ2) is 7.71. The van der Waals surface area contributed by atoms with Crippen LogP contribution in [-0.2, 0) is 0 Å². The minimum atomic E-state index is 0.500. The second-order valence-electron chi connectivity index (χ2n) is 4.36. The molecular formula is C14H20N2OS. The molecule has 0 heterocycles. The minimum absolute atomic E-state index is 0.500. The van der Waals surface area contributed by atoms with Gasteiger partial charge in [-0.15, -0.1) is 0 Å². The molecule has 0 bridgehead atoms. The van der Waals surface area contributed by atoms with Crippen LogP contribution in [0, 0.1) is 5.92 Å². The van der Waals surface area contributed by atoms with Crippen molar-refractivity contribution in [3.63, 3.8) is 0 Å². The topological polar surface area (TPSA) is 33.3 Å². The summed E-state index contributed by atoms with van der Waals surface area (Å²) < 4.78 is 5.45. The molecule has 18 heavy (non-hydrogen) atoms. The van der Waals surface area contributed by atoms with Crippen molar-refractivity contribution >= 4 is 23.0 Å². The van der Waals surface area contributed by atoms with Gasteiger partial charge < -0.3 is 15.4 Å². The Hall–Kier alpha value is -1.55. The van der Waals surface area contributed by atoms with Gasteiger partial charge in [0.1, 0.15) is 12.4 Å². The Labute approximate surface area is 114 Å². The Kier molecular flexibility index (Phi) is 6.22. The van der Waals surface area contributed by atoms with E-state index in [2.05, 4.69) is 31.1 Å². The molecule has 0 unspecified atom stereocenters. The maximum absolute atomic E-state index is 5.45. The average Bonchev–Trinajstić information content (AvgIpc) is 2.34. The third kappa shape index (κ3) is 5.68. The van der Waals surface area contributed by atoms with Crippen molar-refractivity contribution in [2.45, 2.75) is 13.8 Å². The molecule has 0 saturated heterocycles. The summed E-state index contributed by atoms with van der Waals surface area (Å²) in [5.74, 6) is 1.36. The number of hydrogen-bond donors (Lipinski definition) is 2. The van der Waals surface area contributed by atoms with Crippen molar-refractivity contribution in [3.8, 4) is 5.75 Å². The molecule has 0 spiro atoms. The number of rotatable bonds is 6. The molecule has 0 amide bonds. The highest BCUT2D eigenvalue weighted by molar-refractivity contribution is 7.80. The van der Waals surface area contributed by atoms with Crippen LogP contribution in [0.5, 0.6) is 5.75 Å². The number of thiocarbonyl (C=S) groups is 1. The van der Waals surface area contributed by atoms with E-state index in [4.69, 9.17) is 17.0 Å². The predicted molar refractivity (Wildman–Crippen MR) is 81.2 cm³/mol. The lowest BCUT2D eigenvalue weighted by Gasteiger charge is -2.13. The monoisotopic (exact) mass is 264 g/mol. The van der Waals surface area contributed by atoms with E-state index in [1.54, 1.807) is 6.08 Å². The van der Waals surface area contributed by atoms with Crippen LogP contribution in [0.2, 0.25) is 0 Å². The molecule has 0 radical (unpaired) electrons. The van der Waals surface area contributed by atoms with Crippen LogP contribution in [0.1, 0.15) is 13.8 Å². The summed E-state index contributed by atoms with van der Waals surface area (Å²) in [6.07, 6.45) is 1.72. The van der Waals surface area contributed by atoms with E-state index in [0.29, 0.717) is 17.6 Å². The van der Waals surface area contributed by atoms with E-state index < -0.39 is 0 Å². The Morgan fingerprint density at radius 2 is 2.28 bits per heavy atom. The van der Waals surface area contributed by atoms with Gasteiger partial charge in [-0.05, 0) is 30.3 Å². The lowest BCUT2D eigenvalue weighted by molar-refractivity contribution is 0.363. The number of nitrogens with one attached hydrogen (secondary N) is 2. The largest absolute Gasteiger partial charge is 0.489 e. The fourth-order valence-corrected chi connectivity index (χ4v) is 1.49. The molecule has 1 aromatic carbocycles. The molecule has 2 N–H and O–H groups in total. The number of benzene rings is 1. The number of hydrogen-bond acceptors (Lipinski definition) is 2. The van der Waals surface area contributed by atoms with Crippen molar-refractivity contribution in [3.05, 3.63) is 36.9 Å². The van der Waals surface area contributed by atoms with Crippen LogP contribution in [-0.4, -0.2) is 18.3 Å². The Morgan fingerprint density at radius 3 is 2.94 bits per heavy atom. The van der Waals surface area contributed by atoms with Crippen molar-refractivity contribution in [2.75, 3.05) is 18.5 Å². The lowest BCUT2D eigenvalue weighted by atomic mass is 10.2. The van der Waals surface area contributed by atoms with Crippen molar-refractivity contribution < 1.29 is 4.74 Å². The normalized spacial score (nSPS) is 9.94. The van der Waals surface area contributed by atoms with Gasteiger partial charge in [0.2, 0.25) is 0 Å². The lowest BCUT2D eigenvalue weighted by Crippen LogP contribution is -2.31. The first-order chi connectivity index (χ1) is 8.61. The van der Waals surface area contributed by atoms with E-state index in [1.807, 2.05) is 24.3 Å². The van der Waals surface area contributed by atoms with Gasteiger partial charge in [-0.2, -0.15) is 0 Å². The highest BCUT2D eigenvalue weighted by atomic mass is 32.1. The zero-order chi connectivity index (χ0) is 13.4. The minimum Gasteiger partial charge on any atom is -0.489 e. The smallest absolute Gasteiger partial charge is 0.170 e. The van der Waals surface area contributed by atoms with Crippen molar-refractivity contribution in [1.29, 1.82) is 0 Å². The Morgan fingerprint density at radius 1 is 1.50 bits per heavy atom. The molecule has 1 rings (SSSR count). The Bertz CT molecular complexity index is 405. The molecule has 4 heteroatoms. The van der Waals surface area contributed by atoms with Gasteiger partial charge in [-0.25, -0.2) is 0 Å².